The first kappa shape index (κ1) is 8.03. The molecule has 0 spiro atoms. The van der Waals surface area contributed by atoms with Crippen LogP contribution in [0.2, 0.25) is 0 Å². The minimum Gasteiger partial charge on any atom is -0.327 e. The fourth-order valence-corrected chi connectivity index (χ4v) is 2.36. The van der Waals surface area contributed by atoms with Gasteiger partial charge in [-0.05, 0) is 25.2 Å². The molecule has 3 unspecified atom stereocenters. The highest BCUT2D eigenvalue weighted by atomic mass is 15.2. The predicted octanol–water partition coefficient (Wildman–Crippen LogP) is 0.177. The second-order valence-electron chi connectivity index (χ2n) is 4.09. The summed E-state index contributed by atoms with van der Waals surface area (Å²) in [6, 6.07) is 2.77. The lowest BCUT2D eigenvalue weighted by molar-refractivity contribution is -0.00592. The molecule has 0 aromatic rings. The summed E-state index contributed by atoms with van der Waals surface area (Å²) in [7, 11) is 0. The van der Waals surface area contributed by atoms with Crippen molar-refractivity contribution < 1.29 is 0 Å². The molecule has 2 saturated heterocycles. The lowest BCUT2D eigenvalue weighted by Gasteiger charge is -2.52. The minimum absolute atomic E-state index is 0.0720. The van der Waals surface area contributed by atoms with Crippen molar-refractivity contribution >= 4 is 0 Å². The second-order valence-corrected chi connectivity index (χ2v) is 4.09. The molecular weight excluding hydrogens is 150 g/mol. The first-order chi connectivity index (χ1) is 5.72. The third-order valence-electron chi connectivity index (χ3n) is 3.37. The summed E-state index contributed by atoms with van der Waals surface area (Å²) in [5, 5.41) is 8.73. The molecule has 3 fully saturated rings. The van der Waals surface area contributed by atoms with Crippen LogP contribution in [0.3, 0.4) is 0 Å². The van der Waals surface area contributed by atoms with E-state index in [4.69, 9.17) is 11.0 Å². The van der Waals surface area contributed by atoms with E-state index in [0.717, 1.165) is 13.1 Å². The molecule has 0 radical (unpaired) electrons. The van der Waals surface area contributed by atoms with Gasteiger partial charge in [0.15, 0.2) is 0 Å². The number of nitrogens with zero attached hydrogens (tertiary/aromatic N) is 2. The summed E-state index contributed by atoms with van der Waals surface area (Å²) in [5.74, 6) is 1.33. The largest absolute Gasteiger partial charge is 0.327 e. The smallest absolute Gasteiger partial charge is 0.0949 e. The Morgan fingerprint density at radius 1 is 1.50 bits per heavy atom. The summed E-state index contributed by atoms with van der Waals surface area (Å²) in [4.78, 5) is 2.25. The van der Waals surface area contributed by atoms with Gasteiger partial charge in [-0.1, -0.05) is 0 Å². The topological polar surface area (TPSA) is 53.0 Å². The number of hydrogen-bond acceptors (Lipinski definition) is 3. The van der Waals surface area contributed by atoms with Crippen molar-refractivity contribution in [3.05, 3.63) is 0 Å². The van der Waals surface area contributed by atoms with E-state index in [-0.39, 0.29) is 6.04 Å². The standard InChI is InChI=1S/C9H15N3/c1-6(3-10)12-4-7-2-8(5-12)9(7)11/h6-9H,2,4-5,11H2,1H3. The highest BCUT2D eigenvalue weighted by Gasteiger charge is 2.45. The molecule has 1 aliphatic carbocycles. The van der Waals surface area contributed by atoms with E-state index in [9.17, 15) is 0 Å². The number of fused-ring (bicyclic) bond motifs is 2. The zero-order valence-electron chi connectivity index (χ0n) is 7.40. The maximum atomic E-state index is 8.73. The Morgan fingerprint density at radius 2 is 2.08 bits per heavy atom. The number of piperidine rings is 2. The normalized spacial score (nSPS) is 42.9. The first-order valence-electron chi connectivity index (χ1n) is 4.61. The van der Waals surface area contributed by atoms with Crippen LogP contribution >= 0.6 is 0 Å². The van der Waals surface area contributed by atoms with Crippen LogP contribution < -0.4 is 5.73 Å². The Bertz CT molecular complexity index is 208. The highest BCUT2D eigenvalue weighted by Crippen LogP contribution is 2.39. The van der Waals surface area contributed by atoms with Crippen LogP contribution in [-0.4, -0.2) is 30.1 Å². The zero-order chi connectivity index (χ0) is 8.72. The van der Waals surface area contributed by atoms with Gasteiger partial charge < -0.3 is 5.73 Å². The van der Waals surface area contributed by atoms with Crippen molar-refractivity contribution in [1.82, 2.24) is 4.90 Å². The third-order valence-corrected chi connectivity index (χ3v) is 3.37. The predicted molar refractivity (Wildman–Crippen MR) is 46.2 cm³/mol. The summed E-state index contributed by atoms with van der Waals surface area (Å²) < 4.78 is 0. The maximum Gasteiger partial charge on any atom is 0.0949 e. The van der Waals surface area contributed by atoms with E-state index in [2.05, 4.69) is 11.0 Å². The average Bonchev–Trinajstić information content (AvgIpc) is 2.16. The van der Waals surface area contributed by atoms with Crippen LogP contribution in [0.5, 0.6) is 0 Å². The SMILES string of the molecule is CC(C#N)N1CC2CC(C1)C2N. The molecule has 2 aliphatic heterocycles. The Balaban J connectivity index is 1.95. The van der Waals surface area contributed by atoms with Crippen LogP contribution in [0.1, 0.15) is 13.3 Å². The molecule has 2 N–H and O–H groups in total. The van der Waals surface area contributed by atoms with Crippen molar-refractivity contribution in [3.63, 3.8) is 0 Å². The van der Waals surface area contributed by atoms with Crippen molar-refractivity contribution in [1.29, 1.82) is 5.26 Å². The molecule has 0 aromatic carbocycles. The zero-order valence-corrected chi connectivity index (χ0v) is 7.40. The van der Waals surface area contributed by atoms with Gasteiger partial charge in [-0.2, -0.15) is 5.26 Å². The molecule has 3 atom stereocenters. The van der Waals surface area contributed by atoms with E-state index in [1.54, 1.807) is 0 Å². The van der Waals surface area contributed by atoms with Crippen LogP contribution in [-0.2, 0) is 0 Å². The molecule has 0 amide bonds. The molecule has 12 heavy (non-hydrogen) atoms. The second kappa shape index (κ2) is 2.72. The fraction of sp³-hybridized carbons (Fsp3) is 0.889. The quantitative estimate of drug-likeness (QED) is 0.603. The minimum atomic E-state index is 0.0720. The Labute approximate surface area is 73.1 Å². The Morgan fingerprint density at radius 3 is 2.50 bits per heavy atom. The van der Waals surface area contributed by atoms with Crippen LogP contribution in [0.4, 0.5) is 0 Å². The van der Waals surface area contributed by atoms with Gasteiger partial charge in [-0.3, -0.25) is 4.90 Å². The Hall–Kier alpha value is -0.590. The Kier molecular flexibility index (Phi) is 1.82. The van der Waals surface area contributed by atoms with Crippen LogP contribution in [0, 0.1) is 23.2 Å². The number of nitriles is 1. The molecule has 2 bridgehead atoms. The van der Waals surface area contributed by atoms with Crippen molar-refractivity contribution in [3.8, 4) is 6.07 Å². The lowest BCUT2D eigenvalue weighted by atomic mass is 9.66. The van der Waals surface area contributed by atoms with E-state index in [0.29, 0.717) is 17.9 Å². The molecule has 3 rings (SSSR count). The van der Waals surface area contributed by atoms with Crippen molar-refractivity contribution in [2.45, 2.75) is 25.4 Å². The van der Waals surface area contributed by atoms with Gasteiger partial charge in [0.05, 0.1) is 12.1 Å². The molecular formula is C9H15N3. The molecule has 3 nitrogen and oxygen atoms in total. The van der Waals surface area contributed by atoms with Gasteiger partial charge in [-0.25, -0.2) is 0 Å². The molecule has 66 valence electrons. The maximum absolute atomic E-state index is 8.73. The van der Waals surface area contributed by atoms with E-state index in [1.165, 1.54) is 6.42 Å². The summed E-state index contributed by atoms with van der Waals surface area (Å²) >= 11 is 0. The van der Waals surface area contributed by atoms with Gasteiger partial charge in [0.25, 0.3) is 0 Å². The highest BCUT2D eigenvalue weighted by molar-refractivity contribution is 5.03. The van der Waals surface area contributed by atoms with Crippen LogP contribution in [0.15, 0.2) is 0 Å². The summed E-state index contributed by atoms with van der Waals surface area (Å²) in [5.41, 5.74) is 5.92. The molecule has 1 saturated carbocycles. The van der Waals surface area contributed by atoms with Crippen molar-refractivity contribution in [2.75, 3.05) is 13.1 Å². The molecule has 0 aromatic heterocycles. The number of rotatable bonds is 1. The number of hydrogen-bond donors (Lipinski definition) is 1. The molecule has 3 aliphatic rings. The van der Waals surface area contributed by atoms with Gasteiger partial charge in [0.2, 0.25) is 0 Å². The van der Waals surface area contributed by atoms with E-state index >= 15 is 0 Å². The number of nitrogens with two attached hydrogens (primary N) is 1. The first-order valence-corrected chi connectivity index (χ1v) is 4.61. The van der Waals surface area contributed by atoms with Crippen LogP contribution in [0.25, 0.3) is 0 Å². The summed E-state index contributed by atoms with van der Waals surface area (Å²) in [6.07, 6.45) is 1.29. The monoisotopic (exact) mass is 165 g/mol. The summed E-state index contributed by atoms with van der Waals surface area (Å²) in [6.45, 7) is 4.04. The van der Waals surface area contributed by atoms with Crippen molar-refractivity contribution in [2.24, 2.45) is 17.6 Å². The molecule has 3 heteroatoms. The lowest BCUT2D eigenvalue weighted by Crippen LogP contribution is -2.63. The van der Waals surface area contributed by atoms with Gasteiger partial charge in [-0.15, -0.1) is 0 Å². The van der Waals surface area contributed by atoms with E-state index < -0.39 is 0 Å². The van der Waals surface area contributed by atoms with E-state index in [1.807, 2.05) is 6.92 Å². The van der Waals surface area contributed by atoms with Gasteiger partial charge >= 0.3 is 0 Å². The van der Waals surface area contributed by atoms with Gasteiger partial charge in [0.1, 0.15) is 0 Å². The van der Waals surface area contributed by atoms with Gasteiger partial charge in [0, 0.05) is 19.1 Å². The fourth-order valence-electron chi connectivity index (χ4n) is 2.36. The third kappa shape index (κ3) is 1.03. The molecule has 2 heterocycles. The average molecular weight is 165 g/mol.